The number of nitrogens with one attached hydrogen (secondary N) is 2. The molecule has 2 aliphatic heterocycles. The Morgan fingerprint density at radius 1 is 1.12 bits per heavy atom. The van der Waals surface area contributed by atoms with Gasteiger partial charge in [-0.2, -0.15) is 13.2 Å². The molecule has 26 heavy (non-hydrogen) atoms. The van der Waals surface area contributed by atoms with Gasteiger partial charge in [-0.3, -0.25) is 4.90 Å². The van der Waals surface area contributed by atoms with Gasteiger partial charge in [0, 0.05) is 44.5 Å². The Hall–Kier alpha value is -1.96. The molecule has 2 saturated heterocycles. The fourth-order valence-corrected chi connectivity index (χ4v) is 3.69. The first kappa shape index (κ1) is 18.8. The average molecular weight is 370 g/mol. The molecule has 0 spiro atoms. The number of alkyl halides is 3. The van der Waals surface area contributed by atoms with Crippen molar-refractivity contribution in [3.63, 3.8) is 0 Å². The summed E-state index contributed by atoms with van der Waals surface area (Å²) < 4.78 is 37.2. The van der Waals surface area contributed by atoms with Crippen LogP contribution in [-0.2, 0) is 0 Å². The molecule has 1 aromatic carbocycles. The summed E-state index contributed by atoms with van der Waals surface area (Å²) in [7, 11) is 0. The lowest BCUT2D eigenvalue weighted by molar-refractivity contribution is -0.143. The van der Waals surface area contributed by atoms with Crippen molar-refractivity contribution in [3.05, 3.63) is 30.3 Å². The number of carbonyl (C=O) groups is 1. The highest BCUT2D eigenvalue weighted by Gasteiger charge is 2.34. The molecule has 2 amide bonds. The molecule has 144 valence electrons. The summed E-state index contributed by atoms with van der Waals surface area (Å²) in [4.78, 5) is 15.7. The van der Waals surface area contributed by atoms with Crippen molar-refractivity contribution in [1.29, 1.82) is 0 Å². The maximum absolute atomic E-state index is 12.4. The quantitative estimate of drug-likeness (QED) is 0.837. The zero-order chi connectivity index (χ0) is 18.6. The molecule has 1 aromatic rings. The standard InChI is InChI=1S/C18H25F3N4O/c19-18(20,21)13-24-8-7-15(12-24)23-17(26)22-10-14-6-9-25(11-14)16-4-2-1-3-5-16/h1-5,14-15H,6-13H2,(H2,22,23,26)/t14-,15+/m0/s1. The maximum atomic E-state index is 12.4. The first-order chi connectivity index (χ1) is 12.4. The Morgan fingerprint density at radius 3 is 2.62 bits per heavy atom. The summed E-state index contributed by atoms with van der Waals surface area (Å²) in [5.41, 5.74) is 1.19. The maximum Gasteiger partial charge on any atom is 0.401 e. The number of benzene rings is 1. The molecular formula is C18H25F3N4O. The molecule has 0 unspecified atom stereocenters. The molecule has 5 nitrogen and oxygen atoms in total. The Morgan fingerprint density at radius 2 is 1.88 bits per heavy atom. The summed E-state index contributed by atoms with van der Waals surface area (Å²) in [6.45, 7) is 2.13. The molecule has 2 N–H and O–H groups in total. The second-order valence-corrected chi connectivity index (χ2v) is 7.13. The molecule has 2 atom stereocenters. The summed E-state index contributed by atoms with van der Waals surface area (Å²) in [5, 5.41) is 5.66. The Kier molecular flexibility index (Phi) is 5.90. The van der Waals surface area contributed by atoms with E-state index in [1.54, 1.807) is 0 Å². The molecule has 0 aromatic heterocycles. The third-order valence-corrected chi connectivity index (χ3v) is 4.97. The van der Waals surface area contributed by atoms with E-state index >= 15 is 0 Å². The van der Waals surface area contributed by atoms with Gasteiger partial charge in [-0.1, -0.05) is 18.2 Å². The van der Waals surface area contributed by atoms with Crippen molar-refractivity contribution < 1.29 is 18.0 Å². The van der Waals surface area contributed by atoms with Gasteiger partial charge >= 0.3 is 12.2 Å². The number of likely N-dealkylation sites (tertiary alicyclic amines) is 1. The molecule has 2 aliphatic rings. The van der Waals surface area contributed by atoms with Gasteiger partial charge in [-0.05, 0) is 30.9 Å². The van der Waals surface area contributed by atoms with Crippen LogP contribution in [0.15, 0.2) is 30.3 Å². The van der Waals surface area contributed by atoms with Crippen molar-refractivity contribution >= 4 is 11.7 Å². The summed E-state index contributed by atoms with van der Waals surface area (Å²) in [5.74, 6) is 0.381. The van der Waals surface area contributed by atoms with E-state index in [0.29, 0.717) is 25.4 Å². The minimum Gasteiger partial charge on any atom is -0.371 e. The third-order valence-electron chi connectivity index (χ3n) is 4.97. The third kappa shape index (κ3) is 5.52. The van der Waals surface area contributed by atoms with Crippen LogP contribution in [0.4, 0.5) is 23.7 Å². The van der Waals surface area contributed by atoms with Gasteiger partial charge in [0.1, 0.15) is 0 Å². The minimum atomic E-state index is -4.19. The number of para-hydroxylation sites is 1. The van der Waals surface area contributed by atoms with Gasteiger partial charge in [-0.15, -0.1) is 0 Å². The number of amides is 2. The summed E-state index contributed by atoms with van der Waals surface area (Å²) in [6, 6.07) is 9.66. The number of urea groups is 1. The van der Waals surface area contributed by atoms with Crippen molar-refractivity contribution in [2.24, 2.45) is 5.92 Å². The molecule has 0 radical (unpaired) electrons. The lowest BCUT2D eigenvalue weighted by Gasteiger charge is -2.20. The van der Waals surface area contributed by atoms with Crippen LogP contribution in [0.1, 0.15) is 12.8 Å². The monoisotopic (exact) mass is 370 g/mol. The number of anilines is 1. The Bertz CT molecular complexity index is 596. The van der Waals surface area contributed by atoms with Crippen LogP contribution in [0.25, 0.3) is 0 Å². The van der Waals surface area contributed by atoms with Crippen LogP contribution >= 0.6 is 0 Å². The van der Waals surface area contributed by atoms with Crippen LogP contribution in [0.3, 0.4) is 0 Å². The highest BCUT2D eigenvalue weighted by Crippen LogP contribution is 2.23. The molecule has 3 rings (SSSR count). The number of nitrogens with zero attached hydrogens (tertiary/aromatic N) is 2. The number of halogens is 3. The van der Waals surface area contributed by atoms with Gasteiger partial charge in [0.25, 0.3) is 0 Å². The molecule has 2 heterocycles. The van der Waals surface area contributed by atoms with E-state index in [9.17, 15) is 18.0 Å². The molecule has 2 fully saturated rings. The highest BCUT2D eigenvalue weighted by molar-refractivity contribution is 5.74. The lowest BCUT2D eigenvalue weighted by atomic mass is 10.1. The summed E-state index contributed by atoms with van der Waals surface area (Å²) >= 11 is 0. The van der Waals surface area contributed by atoms with E-state index in [2.05, 4.69) is 27.7 Å². The van der Waals surface area contributed by atoms with Gasteiger partial charge in [0.15, 0.2) is 0 Å². The molecule has 0 aliphatic carbocycles. The normalized spacial score (nSPS) is 24.0. The first-order valence-electron chi connectivity index (χ1n) is 9.02. The van der Waals surface area contributed by atoms with Crippen molar-refractivity contribution in [2.75, 3.05) is 44.2 Å². The van der Waals surface area contributed by atoms with Gasteiger partial charge in [0.2, 0.25) is 0 Å². The largest absolute Gasteiger partial charge is 0.401 e. The zero-order valence-corrected chi connectivity index (χ0v) is 14.6. The number of carbonyl (C=O) groups excluding carboxylic acids is 1. The molecule has 0 saturated carbocycles. The Labute approximate surface area is 151 Å². The number of hydrogen-bond acceptors (Lipinski definition) is 3. The fraction of sp³-hybridized carbons (Fsp3) is 0.611. The molecule has 0 bridgehead atoms. The van der Waals surface area contributed by atoms with Crippen molar-refractivity contribution in [2.45, 2.75) is 25.1 Å². The van der Waals surface area contributed by atoms with Crippen LogP contribution in [0.5, 0.6) is 0 Å². The lowest BCUT2D eigenvalue weighted by Crippen LogP contribution is -2.45. The highest BCUT2D eigenvalue weighted by atomic mass is 19.4. The van der Waals surface area contributed by atoms with Crippen molar-refractivity contribution in [1.82, 2.24) is 15.5 Å². The van der Waals surface area contributed by atoms with E-state index in [1.807, 2.05) is 18.2 Å². The van der Waals surface area contributed by atoms with Crippen LogP contribution in [0.2, 0.25) is 0 Å². The van der Waals surface area contributed by atoms with E-state index in [4.69, 9.17) is 0 Å². The van der Waals surface area contributed by atoms with Gasteiger partial charge < -0.3 is 15.5 Å². The predicted molar refractivity (Wildman–Crippen MR) is 94.2 cm³/mol. The number of rotatable bonds is 5. The minimum absolute atomic E-state index is 0.221. The Balaban J connectivity index is 1.35. The van der Waals surface area contributed by atoms with Gasteiger partial charge in [-0.25, -0.2) is 4.79 Å². The first-order valence-corrected chi connectivity index (χ1v) is 9.02. The molecule has 8 heteroatoms. The van der Waals surface area contributed by atoms with Crippen molar-refractivity contribution in [3.8, 4) is 0 Å². The van der Waals surface area contributed by atoms with E-state index in [-0.39, 0.29) is 18.6 Å². The van der Waals surface area contributed by atoms with E-state index in [1.165, 1.54) is 10.6 Å². The number of hydrogen-bond donors (Lipinski definition) is 2. The average Bonchev–Trinajstić information content (AvgIpc) is 3.22. The topological polar surface area (TPSA) is 47.6 Å². The zero-order valence-electron chi connectivity index (χ0n) is 14.6. The van der Waals surface area contributed by atoms with Crippen LogP contribution in [-0.4, -0.2) is 62.4 Å². The van der Waals surface area contributed by atoms with E-state index < -0.39 is 12.7 Å². The van der Waals surface area contributed by atoms with Gasteiger partial charge in [0.05, 0.1) is 6.54 Å². The second kappa shape index (κ2) is 8.16. The predicted octanol–water partition coefficient (Wildman–Crippen LogP) is 2.45. The second-order valence-electron chi connectivity index (χ2n) is 7.13. The SMILES string of the molecule is O=C(NC[C@@H]1CCN(c2ccccc2)C1)N[C@@H]1CCN(CC(F)(F)F)C1. The van der Waals surface area contributed by atoms with Crippen LogP contribution in [0, 0.1) is 5.92 Å². The van der Waals surface area contributed by atoms with E-state index in [0.717, 1.165) is 19.5 Å². The summed E-state index contributed by atoms with van der Waals surface area (Å²) in [6.07, 6.45) is -2.63. The fourth-order valence-electron chi connectivity index (χ4n) is 3.69. The van der Waals surface area contributed by atoms with Crippen LogP contribution < -0.4 is 15.5 Å². The molecular weight excluding hydrogens is 345 g/mol. The smallest absolute Gasteiger partial charge is 0.371 e.